The van der Waals surface area contributed by atoms with Crippen LogP contribution in [0.4, 0.5) is 0 Å². The SMILES string of the molecule is CCC1=C(C)C2=NC1=CC1=C(C)C3=C(O)CC(=C4NC(=CC5=NC(=C2)C(C(C)OCc2cccc([124I])c2)=C5C)[C@@H](C)[C@@H]4CCC(=O)N[C@@H]2[C@@H](O)[C@H](O)[C@@H](CO)O[C@H]2O)C3=N1. The van der Waals surface area contributed by atoms with Crippen LogP contribution in [0.2, 0.25) is 0 Å². The molecule has 7 N–H and O–H groups in total. The van der Waals surface area contributed by atoms with Crippen molar-refractivity contribution in [2.75, 3.05) is 6.61 Å². The molecule has 13 nitrogen and oxygen atoms in total. The summed E-state index contributed by atoms with van der Waals surface area (Å²) in [5.41, 5.74) is 14.1. The van der Waals surface area contributed by atoms with Gasteiger partial charge in [-0.15, -0.1) is 0 Å². The van der Waals surface area contributed by atoms with Crippen LogP contribution < -0.4 is 10.6 Å². The van der Waals surface area contributed by atoms with Crippen LogP contribution in [0.5, 0.6) is 0 Å². The number of aliphatic hydroxyl groups is 5. The highest BCUT2D eigenvalue weighted by atomic mass is 124. The van der Waals surface area contributed by atoms with Gasteiger partial charge in [0.2, 0.25) is 5.91 Å². The molecule has 8 bridgehead atoms. The maximum Gasteiger partial charge on any atom is 0.220 e. The van der Waals surface area contributed by atoms with E-state index in [4.69, 9.17) is 24.5 Å². The van der Waals surface area contributed by atoms with E-state index in [2.05, 4.69) is 98.2 Å². The van der Waals surface area contributed by atoms with Crippen molar-refractivity contribution in [3.63, 3.8) is 0 Å². The number of halogens is 1. The van der Waals surface area contributed by atoms with Crippen LogP contribution in [0.25, 0.3) is 0 Å². The number of fused-ring (bicyclic) bond motifs is 5. The van der Waals surface area contributed by atoms with Crippen molar-refractivity contribution in [1.29, 1.82) is 0 Å². The van der Waals surface area contributed by atoms with E-state index < -0.39 is 43.2 Å². The summed E-state index contributed by atoms with van der Waals surface area (Å²) >= 11 is 2.31. The third-order valence-corrected chi connectivity index (χ3v) is 13.5. The second-order valence-corrected chi connectivity index (χ2v) is 17.7. The van der Waals surface area contributed by atoms with Gasteiger partial charge >= 0.3 is 0 Å². The number of carbonyl (C=O) groups excluding carboxylic acids is 1. The van der Waals surface area contributed by atoms with Gasteiger partial charge in [-0.3, -0.25) is 4.79 Å². The Balaban J connectivity index is 1.18. The first kappa shape index (κ1) is 42.4. The minimum atomic E-state index is -1.62. The lowest BCUT2D eigenvalue weighted by atomic mass is 9.86. The summed E-state index contributed by atoms with van der Waals surface area (Å²) in [6.07, 6.45) is 1.42. The van der Waals surface area contributed by atoms with Gasteiger partial charge < -0.3 is 45.6 Å². The van der Waals surface area contributed by atoms with Crippen molar-refractivity contribution < 1.29 is 39.8 Å². The lowest BCUT2D eigenvalue weighted by Crippen LogP contribution is -2.64. The predicted octanol–water partition coefficient (Wildman–Crippen LogP) is 5.56. The van der Waals surface area contributed by atoms with Crippen molar-refractivity contribution in [2.24, 2.45) is 26.8 Å². The highest BCUT2D eigenvalue weighted by Gasteiger charge is 2.45. The van der Waals surface area contributed by atoms with E-state index in [0.717, 1.165) is 88.9 Å². The van der Waals surface area contributed by atoms with Gasteiger partial charge in [0.15, 0.2) is 6.29 Å². The summed E-state index contributed by atoms with van der Waals surface area (Å²) in [4.78, 5) is 29.1. The minimum absolute atomic E-state index is 0.0153. The zero-order valence-corrected chi connectivity index (χ0v) is 36.7. The van der Waals surface area contributed by atoms with E-state index >= 15 is 0 Å². The first-order valence-corrected chi connectivity index (χ1v) is 21.7. The molecule has 1 aromatic rings. The fourth-order valence-electron chi connectivity index (χ4n) is 9.37. The molecular weight excluding hydrogens is 874 g/mol. The summed E-state index contributed by atoms with van der Waals surface area (Å²) in [5, 5.41) is 59.0. The highest BCUT2D eigenvalue weighted by Crippen LogP contribution is 2.46. The number of nitrogens with one attached hydrogen (secondary N) is 2. The number of rotatable bonds is 10. The van der Waals surface area contributed by atoms with Gasteiger partial charge in [0.05, 0.1) is 53.5 Å². The Labute approximate surface area is 363 Å². The van der Waals surface area contributed by atoms with E-state index in [0.29, 0.717) is 24.3 Å². The van der Waals surface area contributed by atoms with E-state index in [9.17, 15) is 30.3 Å². The van der Waals surface area contributed by atoms with Gasteiger partial charge in [-0.05, 0) is 121 Å². The number of aliphatic hydroxyl groups excluding tert-OH is 5. The second-order valence-electron chi connectivity index (χ2n) is 16.5. The quantitative estimate of drug-likeness (QED) is 0.147. The Morgan fingerprint density at radius 3 is 2.52 bits per heavy atom. The van der Waals surface area contributed by atoms with E-state index in [1.165, 1.54) is 0 Å². The molecule has 0 spiro atoms. The number of hydrogen-bond acceptors (Lipinski definition) is 12. The zero-order valence-electron chi connectivity index (χ0n) is 34.6. The molecule has 8 atom stereocenters. The molecule has 0 aromatic heterocycles. The molecule has 1 unspecified atom stereocenters. The van der Waals surface area contributed by atoms with Gasteiger partial charge in [-0.2, -0.15) is 0 Å². The maximum absolute atomic E-state index is 13.5. The normalized spacial score (nSPS) is 29.1. The van der Waals surface area contributed by atoms with E-state index in [-0.39, 0.29) is 36.5 Å². The summed E-state index contributed by atoms with van der Waals surface area (Å²) < 4.78 is 13.0. The molecule has 1 aromatic carbocycles. The average molecular weight is 927 g/mol. The fourth-order valence-corrected chi connectivity index (χ4v) is 9.97. The van der Waals surface area contributed by atoms with Gasteiger partial charge in [-0.25, -0.2) is 15.0 Å². The van der Waals surface area contributed by atoms with Crippen LogP contribution in [0.1, 0.15) is 72.8 Å². The third-order valence-electron chi connectivity index (χ3n) is 12.8. The Hall–Kier alpha value is -4.29. The largest absolute Gasteiger partial charge is 0.511 e. The molecule has 0 radical (unpaired) electrons. The number of nitrogens with zero attached hydrogens (tertiary/aromatic N) is 3. The predicted molar refractivity (Wildman–Crippen MR) is 237 cm³/mol. The number of amides is 1. The Morgan fingerprint density at radius 2 is 1.78 bits per heavy atom. The van der Waals surface area contributed by atoms with Crippen LogP contribution in [-0.4, -0.2) is 91.9 Å². The minimum Gasteiger partial charge on any atom is -0.511 e. The highest BCUT2D eigenvalue weighted by molar-refractivity contribution is 14.1. The van der Waals surface area contributed by atoms with Crippen molar-refractivity contribution in [3.05, 3.63) is 125 Å². The smallest absolute Gasteiger partial charge is 0.220 e. The first-order valence-electron chi connectivity index (χ1n) is 20.6. The average Bonchev–Trinajstić information content (AvgIpc) is 3.98. The number of carbonyl (C=O) groups is 1. The van der Waals surface area contributed by atoms with Crippen LogP contribution in [0.15, 0.2) is 131 Å². The van der Waals surface area contributed by atoms with Crippen molar-refractivity contribution in [3.8, 4) is 0 Å². The van der Waals surface area contributed by atoms with Crippen LogP contribution in [0, 0.1) is 15.4 Å². The standard InChI is InChI=1S/C46H52IN5O8/c1-7-27-20(2)30-17-35-39(24(6)59-19-25-9-8-10-26(47)13-25)22(4)32(49-35)15-31-21(3)28(11-12-38(55)52-43-45(57)44(56)37(18-53)60-46(43)58)41(50-31)29-14-36(54)40-23(5)33(51-42(29)40)16-34(27)48-30/h8-10,13,15-17,21,24,28,37,43-46,50,53-54,56-58H,7,11-12,14,18-19H2,1-6H3,(H,52,55)/t21-,24?,28-,37+,43+,44+,45+,46+/m0/s1/i47-3. The number of benzene rings is 1. The molecule has 60 heavy (non-hydrogen) atoms. The summed E-state index contributed by atoms with van der Waals surface area (Å²) in [5.74, 6) is -0.562. The molecule has 14 heteroatoms. The topological polar surface area (TPSA) is 198 Å². The molecule has 316 valence electrons. The van der Waals surface area contributed by atoms with E-state index in [1.807, 2.05) is 19.1 Å². The molecule has 7 aliphatic rings. The van der Waals surface area contributed by atoms with Crippen LogP contribution >= 0.6 is 22.6 Å². The molecule has 1 amide bonds. The van der Waals surface area contributed by atoms with Gasteiger partial charge in [0.25, 0.3) is 0 Å². The summed E-state index contributed by atoms with van der Waals surface area (Å²) in [6, 6.07) is 6.97. The zero-order chi connectivity index (χ0) is 42.7. The molecule has 0 saturated carbocycles. The fraction of sp³-hybridized carbons (Fsp3) is 0.435. The lowest BCUT2D eigenvalue weighted by molar-refractivity contribution is -0.253. The van der Waals surface area contributed by atoms with Crippen molar-refractivity contribution >= 4 is 45.6 Å². The number of ether oxygens (including phenoxy) is 2. The summed E-state index contributed by atoms with van der Waals surface area (Å²) in [6.45, 7) is 12.3. The molecule has 6 heterocycles. The first-order chi connectivity index (χ1) is 28.7. The number of allylic oxidation sites excluding steroid dienone is 11. The van der Waals surface area contributed by atoms with Crippen LogP contribution in [-0.2, 0) is 20.9 Å². The van der Waals surface area contributed by atoms with Gasteiger partial charge in [-0.1, -0.05) is 26.0 Å². The number of hydrogen-bond donors (Lipinski definition) is 7. The third kappa shape index (κ3) is 7.65. The molecular formula is C46H52IN5O8. The van der Waals surface area contributed by atoms with Gasteiger partial charge in [0, 0.05) is 56.4 Å². The molecule has 2 saturated heterocycles. The Morgan fingerprint density at radius 1 is 1.03 bits per heavy atom. The molecule has 8 rings (SSSR count). The Bertz CT molecular complexity index is 2400. The lowest BCUT2D eigenvalue weighted by Gasteiger charge is -2.40. The van der Waals surface area contributed by atoms with Gasteiger partial charge in [0.1, 0.15) is 30.1 Å². The molecule has 6 aliphatic heterocycles. The molecule has 1 aliphatic carbocycles. The van der Waals surface area contributed by atoms with Crippen molar-refractivity contribution in [1.82, 2.24) is 10.6 Å². The second kappa shape index (κ2) is 16.9. The monoisotopic (exact) mass is 926 g/mol. The summed E-state index contributed by atoms with van der Waals surface area (Å²) in [7, 11) is 0. The molecule has 2 fully saturated rings. The Kier molecular flexibility index (Phi) is 11.9. The van der Waals surface area contributed by atoms with E-state index in [1.54, 1.807) is 0 Å². The maximum atomic E-state index is 13.5. The number of aliphatic imine (C=N–C) groups is 3. The van der Waals surface area contributed by atoms with Crippen molar-refractivity contribution in [2.45, 2.75) is 111 Å². The van der Waals surface area contributed by atoms with Crippen LogP contribution in [0.3, 0.4) is 0 Å².